The van der Waals surface area contributed by atoms with Crippen LogP contribution in [0.2, 0.25) is 10.0 Å². The van der Waals surface area contributed by atoms with Gasteiger partial charge in [-0.05, 0) is 18.2 Å². The Hall–Kier alpha value is -1.39. The van der Waals surface area contributed by atoms with Crippen LogP contribution in [0.25, 0.3) is 11.1 Å². The molecule has 1 nitrogen and oxygen atoms in total. The van der Waals surface area contributed by atoms with Gasteiger partial charge in [-0.15, -0.1) is 0 Å². The smallest absolute Gasteiger partial charge is 0.387 e. The molecule has 0 saturated carbocycles. The largest absolute Gasteiger partial charge is 0.432 e. The second-order valence-corrected chi connectivity index (χ2v) is 4.41. The van der Waals surface area contributed by atoms with Crippen LogP contribution in [0.1, 0.15) is 0 Å². The first-order chi connectivity index (χ1) is 9.00. The van der Waals surface area contributed by atoms with Gasteiger partial charge in [0.05, 0.1) is 0 Å². The van der Waals surface area contributed by atoms with Gasteiger partial charge in [-0.2, -0.15) is 8.78 Å². The zero-order chi connectivity index (χ0) is 14.0. The van der Waals surface area contributed by atoms with E-state index < -0.39 is 18.2 Å². The minimum absolute atomic E-state index is 0.00810. The molecule has 0 unspecified atom stereocenters. The predicted molar refractivity (Wildman–Crippen MR) is 68.5 cm³/mol. The zero-order valence-corrected chi connectivity index (χ0v) is 10.9. The molecule has 0 spiro atoms. The van der Waals surface area contributed by atoms with Crippen LogP contribution in [-0.2, 0) is 0 Å². The number of benzene rings is 2. The Morgan fingerprint density at radius 3 is 2.11 bits per heavy atom. The van der Waals surface area contributed by atoms with E-state index in [0.29, 0.717) is 0 Å². The van der Waals surface area contributed by atoms with Crippen LogP contribution in [0.4, 0.5) is 13.2 Å². The van der Waals surface area contributed by atoms with Crippen molar-refractivity contribution in [1.29, 1.82) is 0 Å². The van der Waals surface area contributed by atoms with E-state index in [4.69, 9.17) is 23.2 Å². The Balaban J connectivity index is 2.57. The Morgan fingerprint density at radius 1 is 0.947 bits per heavy atom. The maximum Gasteiger partial charge on any atom is 0.387 e. The summed E-state index contributed by atoms with van der Waals surface area (Å²) in [5.41, 5.74) is 0.247. The van der Waals surface area contributed by atoms with Gasteiger partial charge >= 0.3 is 6.61 Å². The Bertz CT molecular complexity index is 582. The number of ether oxygens (including phenoxy) is 1. The van der Waals surface area contributed by atoms with E-state index >= 15 is 0 Å². The van der Waals surface area contributed by atoms with Crippen LogP contribution in [-0.4, -0.2) is 6.61 Å². The van der Waals surface area contributed by atoms with Crippen LogP contribution in [0.15, 0.2) is 36.4 Å². The number of hydrogen-bond acceptors (Lipinski definition) is 1. The van der Waals surface area contributed by atoms with Gasteiger partial charge in [0.25, 0.3) is 0 Å². The molecule has 0 fully saturated rings. The molecule has 6 heteroatoms. The predicted octanol–water partition coefficient (Wildman–Crippen LogP) is 5.40. The van der Waals surface area contributed by atoms with Crippen molar-refractivity contribution in [2.45, 2.75) is 6.61 Å². The average molecular weight is 307 g/mol. The third-order valence-electron chi connectivity index (χ3n) is 2.41. The van der Waals surface area contributed by atoms with E-state index in [1.54, 1.807) is 6.07 Å². The fraction of sp³-hybridized carbons (Fsp3) is 0.0769. The summed E-state index contributed by atoms with van der Waals surface area (Å²) >= 11 is 11.9. The fourth-order valence-corrected chi connectivity index (χ4v) is 2.25. The lowest BCUT2D eigenvalue weighted by molar-refractivity contribution is -0.0521. The van der Waals surface area contributed by atoms with E-state index in [1.807, 2.05) is 0 Å². The molecule has 0 radical (unpaired) electrons. The summed E-state index contributed by atoms with van der Waals surface area (Å²) in [6, 6.07) is 8.55. The molecule has 2 aromatic carbocycles. The monoisotopic (exact) mass is 306 g/mol. The molecule has 0 aromatic heterocycles. The van der Waals surface area contributed by atoms with Gasteiger partial charge < -0.3 is 4.74 Å². The molecular weight excluding hydrogens is 300 g/mol. The molecule has 0 aliphatic heterocycles. The number of hydrogen-bond donors (Lipinski definition) is 0. The summed E-state index contributed by atoms with van der Waals surface area (Å²) in [5, 5.41) is 0.446. The van der Waals surface area contributed by atoms with Gasteiger partial charge in [0.15, 0.2) is 11.6 Å². The van der Waals surface area contributed by atoms with Crippen LogP contribution in [0, 0.1) is 5.82 Å². The molecule has 0 aliphatic rings. The van der Waals surface area contributed by atoms with E-state index in [0.717, 1.165) is 6.07 Å². The normalized spacial score (nSPS) is 10.8. The fourth-order valence-electron chi connectivity index (χ4n) is 1.65. The van der Waals surface area contributed by atoms with Gasteiger partial charge in [-0.1, -0.05) is 41.4 Å². The first-order valence-corrected chi connectivity index (χ1v) is 5.94. The van der Waals surface area contributed by atoms with Gasteiger partial charge in [-0.25, -0.2) is 4.39 Å². The first-order valence-electron chi connectivity index (χ1n) is 5.18. The Kier molecular flexibility index (Phi) is 4.22. The third kappa shape index (κ3) is 2.96. The average Bonchev–Trinajstić information content (AvgIpc) is 2.33. The van der Waals surface area contributed by atoms with Crippen molar-refractivity contribution in [1.82, 2.24) is 0 Å². The first kappa shape index (κ1) is 14.0. The van der Waals surface area contributed by atoms with E-state index in [1.165, 1.54) is 24.3 Å². The number of halogens is 5. The molecule has 0 bridgehead atoms. The molecule has 0 amide bonds. The molecule has 100 valence electrons. The van der Waals surface area contributed by atoms with Gasteiger partial charge in [0.2, 0.25) is 0 Å². The second kappa shape index (κ2) is 5.72. The Morgan fingerprint density at radius 2 is 1.53 bits per heavy atom. The lowest BCUT2D eigenvalue weighted by atomic mass is 10.0. The van der Waals surface area contributed by atoms with Crippen molar-refractivity contribution < 1.29 is 17.9 Å². The standard InChI is InChI=1S/C13H7Cl2F3O/c14-8-4-2-5-9(15)11(8)7-3-1-6-10(12(7)16)19-13(17)18/h1-6,13H. The molecular formula is C13H7Cl2F3O. The van der Waals surface area contributed by atoms with Crippen LogP contribution in [0.3, 0.4) is 0 Å². The van der Waals surface area contributed by atoms with E-state index in [2.05, 4.69) is 4.74 Å². The maximum atomic E-state index is 14.1. The lowest BCUT2D eigenvalue weighted by Crippen LogP contribution is -2.04. The Labute approximate surface area is 117 Å². The van der Waals surface area contributed by atoms with Crippen molar-refractivity contribution in [2.24, 2.45) is 0 Å². The van der Waals surface area contributed by atoms with Crippen molar-refractivity contribution in [3.63, 3.8) is 0 Å². The van der Waals surface area contributed by atoms with Gasteiger partial charge in [0, 0.05) is 21.2 Å². The van der Waals surface area contributed by atoms with Crippen molar-refractivity contribution >= 4 is 23.2 Å². The van der Waals surface area contributed by atoms with Crippen LogP contribution < -0.4 is 4.74 Å². The van der Waals surface area contributed by atoms with Crippen molar-refractivity contribution in [3.05, 3.63) is 52.3 Å². The third-order valence-corrected chi connectivity index (χ3v) is 3.04. The lowest BCUT2D eigenvalue weighted by Gasteiger charge is -2.11. The number of alkyl halides is 2. The van der Waals surface area contributed by atoms with E-state index in [9.17, 15) is 13.2 Å². The molecule has 0 N–H and O–H groups in total. The second-order valence-electron chi connectivity index (χ2n) is 3.59. The summed E-state index contributed by atoms with van der Waals surface area (Å²) in [6.45, 7) is -3.11. The molecule has 2 rings (SSSR count). The number of rotatable bonds is 3. The summed E-state index contributed by atoms with van der Waals surface area (Å²) < 4.78 is 42.5. The highest BCUT2D eigenvalue weighted by molar-refractivity contribution is 6.39. The molecule has 2 aromatic rings. The molecule has 0 saturated heterocycles. The van der Waals surface area contributed by atoms with E-state index in [-0.39, 0.29) is 21.2 Å². The summed E-state index contributed by atoms with van der Waals surface area (Å²) in [4.78, 5) is 0. The van der Waals surface area contributed by atoms with Gasteiger partial charge in [0.1, 0.15) is 0 Å². The van der Waals surface area contributed by atoms with Gasteiger partial charge in [-0.3, -0.25) is 0 Å². The summed E-state index contributed by atoms with van der Waals surface area (Å²) in [7, 11) is 0. The summed E-state index contributed by atoms with van der Waals surface area (Å²) in [5.74, 6) is -1.48. The highest BCUT2D eigenvalue weighted by Gasteiger charge is 2.17. The van der Waals surface area contributed by atoms with Crippen molar-refractivity contribution in [3.8, 4) is 16.9 Å². The molecule has 0 atom stereocenters. The quantitative estimate of drug-likeness (QED) is 0.737. The summed E-state index contributed by atoms with van der Waals surface area (Å²) in [6.07, 6.45) is 0. The zero-order valence-electron chi connectivity index (χ0n) is 9.34. The van der Waals surface area contributed by atoms with Crippen LogP contribution >= 0.6 is 23.2 Å². The molecule has 0 aliphatic carbocycles. The molecule has 0 heterocycles. The topological polar surface area (TPSA) is 9.23 Å². The molecule has 19 heavy (non-hydrogen) atoms. The highest BCUT2D eigenvalue weighted by atomic mass is 35.5. The SMILES string of the molecule is Fc1c(OC(F)F)cccc1-c1c(Cl)cccc1Cl. The van der Waals surface area contributed by atoms with Crippen LogP contribution in [0.5, 0.6) is 5.75 Å². The minimum Gasteiger partial charge on any atom is -0.432 e. The highest BCUT2D eigenvalue weighted by Crippen LogP contribution is 2.38. The maximum absolute atomic E-state index is 14.1. The minimum atomic E-state index is -3.11. The van der Waals surface area contributed by atoms with Crippen molar-refractivity contribution in [2.75, 3.05) is 0 Å².